The Morgan fingerprint density at radius 2 is 1.64 bits per heavy atom. The van der Waals surface area contributed by atoms with Gasteiger partial charge in [-0.1, -0.05) is 0 Å². The van der Waals surface area contributed by atoms with Gasteiger partial charge in [0, 0.05) is 13.1 Å². The van der Waals surface area contributed by atoms with Gasteiger partial charge in [0.2, 0.25) is 0 Å². The van der Waals surface area contributed by atoms with Gasteiger partial charge in [-0.15, -0.1) is 11.6 Å². The summed E-state index contributed by atoms with van der Waals surface area (Å²) in [5.74, 6) is 0. The Balaban J connectivity index is 0. The van der Waals surface area contributed by atoms with E-state index in [0.717, 1.165) is 6.54 Å². The second kappa shape index (κ2) is 8.96. The third kappa shape index (κ3) is 57.1. The van der Waals surface area contributed by atoms with Crippen LogP contribution in [-0.4, -0.2) is 19.1 Å². The first-order valence-corrected chi connectivity index (χ1v) is 9.90. The molecule has 0 radical (unpaired) electrons. The first-order chi connectivity index (χ1) is 4.91. The summed E-state index contributed by atoms with van der Waals surface area (Å²) in [7, 11) is 0. The van der Waals surface area contributed by atoms with Crippen LogP contribution in [0.15, 0.2) is 0 Å². The fourth-order valence-corrected chi connectivity index (χ4v) is 0.303. The molecule has 0 fully saturated rings. The number of nitrogens with two attached hydrogens (primary N) is 1. The molecule has 0 bridgehead atoms. The van der Waals surface area contributed by atoms with E-state index in [2.05, 4.69) is 26.9 Å². The second-order valence-corrected chi connectivity index (χ2v) is 12.4. The van der Waals surface area contributed by atoms with Crippen molar-refractivity contribution in [2.45, 2.75) is 21.6 Å². The summed E-state index contributed by atoms with van der Waals surface area (Å²) in [6.07, 6.45) is 0. The van der Waals surface area contributed by atoms with E-state index in [9.17, 15) is 0 Å². The van der Waals surface area contributed by atoms with Crippen molar-refractivity contribution in [2.24, 2.45) is 5.73 Å². The monoisotopic (exact) mass is 274 g/mol. The van der Waals surface area contributed by atoms with Gasteiger partial charge in [-0.2, -0.15) is 0 Å². The molecule has 0 spiro atoms. The molecular weight excluding hydrogens is 254 g/mol. The molecule has 4 heteroatoms. The maximum absolute atomic E-state index is 5.21. The van der Waals surface area contributed by atoms with Gasteiger partial charge in [-0.05, 0) is 0 Å². The quantitative estimate of drug-likeness (QED) is 0.358. The van der Waals surface area contributed by atoms with Crippen LogP contribution in [0.4, 0.5) is 0 Å². The van der Waals surface area contributed by atoms with Gasteiger partial charge < -0.3 is 11.1 Å². The van der Waals surface area contributed by atoms with Gasteiger partial charge >= 0.3 is 37.1 Å². The molecule has 0 aromatic heterocycles. The van der Waals surface area contributed by atoms with Crippen LogP contribution in [0.5, 0.6) is 0 Å². The molecule has 0 saturated heterocycles. The van der Waals surface area contributed by atoms with Crippen LogP contribution in [0.2, 0.25) is 21.6 Å². The fourth-order valence-electron chi connectivity index (χ4n) is 0.169. The van der Waals surface area contributed by atoms with Crippen LogP contribution in [0, 0.1) is 0 Å². The van der Waals surface area contributed by atoms with Crippen LogP contribution in [-0.2, 0) is 15.5 Å². The average molecular weight is 275 g/mol. The summed E-state index contributed by atoms with van der Waals surface area (Å²) in [4.78, 5) is 0. The minimum absolute atomic E-state index is 0.497. The van der Waals surface area contributed by atoms with Gasteiger partial charge in [-0.25, -0.2) is 0 Å². The van der Waals surface area contributed by atoms with E-state index in [4.69, 9.17) is 17.3 Å². The molecule has 0 amide bonds. The SMILES string of the molecule is NCCNCCl.[CH3][Pd]([CH3])([CH3])[CH3]. The van der Waals surface area contributed by atoms with Crippen LogP contribution < -0.4 is 11.1 Å². The van der Waals surface area contributed by atoms with E-state index in [1.807, 2.05) is 0 Å². The van der Waals surface area contributed by atoms with Crippen molar-refractivity contribution in [1.29, 1.82) is 0 Å². The van der Waals surface area contributed by atoms with E-state index in [-0.39, 0.29) is 0 Å². The summed E-state index contributed by atoms with van der Waals surface area (Å²) < 4.78 is 0. The summed E-state index contributed by atoms with van der Waals surface area (Å²) >= 11 is 4.51. The molecule has 2 nitrogen and oxygen atoms in total. The van der Waals surface area contributed by atoms with E-state index < -0.39 is 15.5 Å². The molecule has 0 saturated carbocycles. The Morgan fingerprint density at radius 3 is 1.73 bits per heavy atom. The van der Waals surface area contributed by atoms with Crippen molar-refractivity contribution in [3.8, 4) is 0 Å². The number of rotatable bonds is 3. The Kier molecular flexibility index (Phi) is 11.7. The number of halogens is 1. The van der Waals surface area contributed by atoms with Crippen molar-refractivity contribution < 1.29 is 15.5 Å². The van der Waals surface area contributed by atoms with E-state index in [1.54, 1.807) is 0 Å². The zero-order valence-corrected chi connectivity index (χ0v) is 10.2. The third-order valence-electron chi connectivity index (χ3n) is 0.416. The summed E-state index contributed by atoms with van der Waals surface area (Å²) in [5, 5.41) is 12.2. The Bertz CT molecular complexity index is 63.3. The third-order valence-corrected chi connectivity index (χ3v) is 0.605. The molecule has 0 rings (SSSR count). The Hall–Kier alpha value is 0.872. The van der Waals surface area contributed by atoms with E-state index in [1.165, 1.54) is 0 Å². The van der Waals surface area contributed by atoms with Crippen LogP contribution in [0.1, 0.15) is 0 Å². The molecular formula is C7H21ClN2Pd. The maximum atomic E-state index is 5.21. The van der Waals surface area contributed by atoms with Gasteiger partial charge in [-0.3, -0.25) is 0 Å². The van der Waals surface area contributed by atoms with Gasteiger partial charge in [0.1, 0.15) is 0 Å². The molecule has 0 aromatic rings. The molecule has 11 heavy (non-hydrogen) atoms. The molecule has 0 aliphatic heterocycles. The number of hydrogen-bond acceptors (Lipinski definition) is 2. The van der Waals surface area contributed by atoms with Gasteiger partial charge in [0.15, 0.2) is 0 Å². The molecule has 0 heterocycles. The average Bonchev–Trinajstić information content (AvgIpc) is 1.79. The predicted molar refractivity (Wildman–Crippen MR) is 51.2 cm³/mol. The van der Waals surface area contributed by atoms with Crippen molar-refractivity contribution in [1.82, 2.24) is 5.32 Å². The zero-order chi connectivity index (χ0) is 9.33. The molecule has 0 aliphatic carbocycles. The normalized spacial score (nSPS) is 11.8. The molecule has 76 valence electrons. The predicted octanol–water partition coefficient (Wildman–Crippen LogP) is 2.06. The van der Waals surface area contributed by atoms with E-state index in [0.29, 0.717) is 12.5 Å². The van der Waals surface area contributed by atoms with Gasteiger partial charge in [0.25, 0.3) is 0 Å². The van der Waals surface area contributed by atoms with Crippen molar-refractivity contribution in [3.63, 3.8) is 0 Å². The minimum atomic E-state index is -0.700. The molecule has 0 unspecified atom stereocenters. The zero-order valence-electron chi connectivity index (χ0n) is 7.89. The standard InChI is InChI=1S/C3H9ClN2.4CH3.Pd/c4-3-6-2-1-5;;;;;/h6H,1-3,5H2;4*1H3;. The molecule has 0 aromatic carbocycles. The Morgan fingerprint density at radius 1 is 1.27 bits per heavy atom. The van der Waals surface area contributed by atoms with E-state index >= 15 is 0 Å². The summed E-state index contributed by atoms with van der Waals surface area (Å²) in [6.45, 7) is 1.47. The van der Waals surface area contributed by atoms with Gasteiger partial charge in [0.05, 0.1) is 6.00 Å². The van der Waals surface area contributed by atoms with Crippen molar-refractivity contribution in [3.05, 3.63) is 0 Å². The fraction of sp³-hybridized carbons (Fsp3) is 1.00. The first-order valence-electron chi connectivity index (χ1n) is 3.15. The first kappa shape index (κ1) is 14.4. The molecule has 3 N–H and O–H groups in total. The number of nitrogens with one attached hydrogen (secondary N) is 1. The molecule has 0 aliphatic rings. The molecule has 0 atom stereocenters. The van der Waals surface area contributed by atoms with Crippen LogP contribution in [0.25, 0.3) is 0 Å². The summed E-state index contributed by atoms with van der Waals surface area (Å²) in [5.41, 5.74) is 5.09. The number of hydrogen-bond donors (Lipinski definition) is 2. The van der Waals surface area contributed by atoms with Crippen molar-refractivity contribution in [2.75, 3.05) is 19.1 Å². The topological polar surface area (TPSA) is 38.0 Å². The van der Waals surface area contributed by atoms with Crippen molar-refractivity contribution >= 4 is 11.6 Å². The van der Waals surface area contributed by atoms with Crippen LogP contribution >= 0.6 is 11.6 Å². The Labute approximate surface area is 78.9 Å². The second-order valence-electron chi connectivity index (χ2n) is 2.82. The summed E-state index contributed by atoms with van der Waals surface area (Å²) in [6, 6.07) is 0.497. The number of alkyl halides is 1. The van der Waals surface area contributed by atoms with Crippen LogP contribution in [0.3, 0.4) is 0 Å².